The van der Waals surface area contributed by atoms with Crippen LogP contribution in [0.15, 0.2) is 36.4 Å². The van der Waals surface area contributed by atoms with Crippen molar-refractivity contribution in [1.82, 2.24) is 5.32 Å². The van der Waals surface area contributed by atoms with Gasteiger partial charge in [0.25, 0.3) is 0 Å². The number of hydrogen-bond donors (Lipinski definition) is 1. The molecule has 0 fully saturated rings. The Labute approximate surface area is 132 Å². The van der Waals surface area contributed by atoms with Crippen molar-refractivity contribution in [1.29, 1.82) is 0 Å². The topological polar surface area (TPSA) is 21.3 Å². The summed E-state index contributed by atoms with van der Waals surface area (Å²) in [7, 11) is 0. The summed E-state index contributed by atoms with van der Waals surface area (Å²) in [6, 6.07) is 12.3. The monoisotopic (exact) mass is 303 g/mol. The Morgan fingerprint density at radius 3 is 2.38 bits per heavy atom. The highest BCUT2D eigenvalue weighted by atomic mass is 35.5. The summed E-state index contributed by atoms with van der Waals surface area (Å²) in [6.45, 7) is 9.21. The summed E-state index contributed by atoms with van der Waals surface area (Å²) in [5.74, 6) is 1.77. The van der Waals surface area contributed by atoms with E-state index in [1.807, 2.05) is 44.2 Å². The quantitative estimate of drug-likeness (QED) is 0.796. The lowest BCUT2D eigenvalue weighted by atomic mass is 10.1. The molecule has 0 saturated carbocycles. The van der Waals surface area contributed by atoms with E-state index in [0.29, 0.717) is 0 Å². The molecular weight excluding hydrogens is 282 g/mol. The highest BCUT2D eigenvalue weighted by Gasteiger charge is 2.13. The van der Waals surface area contributed by atoms with E-state index in [1.165, 1.54) is 0 Å². The van der Waals surface area contributed by atoms with Crippen molar-refractivity contribution in [2.24, 2.45) is 0 Å². The largest absolute Gasteiger partial charge is 0.456 e. The van der Waals surface area contributed by atoms with Crippen LogP contribution < -0.4 is 10.1 Å². The van der Waals surface area contributed by atoms with Gasteiger partial charge < -0.3 is 10.1 Å². The van der Waals surface area contributed by atoms with E-state index in [-0.39, 0.29) is 6.04 Å². The molecule has 0 aromatic heterocycles. The van der Waals surface area contributed by atoms with Crippen LogP contribution in [-0.2, 0) is 0 Å². The molecule has 1 N–H and O–H groups in total. The Hall–Kier alpha value is -1.51. The summed E-state index contributed by atoms with van der Waals surface area (Å²) >= 11 is 6.08. The molecule has 2 nitrogen and oxygen atoms in total. The first-order chi connectivity index (χ1) is 10.0. The molecule has 1 atom stereocenters. The van der Waals surface area contributed by atoms with E-state index >= 15 is 0 Å². The molecule has 0 aliphatic heterocycles. The third-order valence-electron chi connectivity index (χ3n) is 3.53. The maximum Gasteiger partial charge on any atom is 0.133 e. The average molecular weight is 304 g/mol. The Morgan fingerprint density at radius 1 is 1.14 bits per heavy atom. The van der Waals surface area contributed by atoms with Gasteiger partial charge in [0, 0.05) is 16.6 Å². The Balaban J connectivity index is 2.36. The number of benzene rings is 2. The van der Waals surface area contributed by atoms with Crippen molar-refractivity contribution in [3.8, 4) is 11.5 Å². The van der Waals surface area contributed by atoms with Crippen molar-refractivity contribution in [2.45, 2.75) is 33.7 Å². The molecule has 0 saturated heterocycles. The lowest BCUT2D eigenvalue weighted by Crippen LogP contribution is -2.18. The van der Waals surface area contributed by atoms with Crippen molar-refractivity contribution >= 4 is 11.6 Å². The molecule has 0 spiro atoms. The minimum absolute atomic E-state index is 0.249. The van der Waals surface area contributed by atoms with Crippen LogP contribution in [0.2, 0.25) is 5.02 Å². The lowest BCUT2D eigenvalue weighted by Gasteiger charge is -2.19. The number of nitrogens with one attached hydrogen (secondary N) is 1. The maximum atomic E-state index is 6.19. The lowest BCUT2D eigenvalue weighted by molar-refractivity contribution is 0.457. The molecule has 0 bridgehead atoms. The molecule has 2 aromatic rings. The number of halogens is 1. The van der Waals surface area contributed by atoms with E-state index in [4.69, 9.17) is 16.3 Å². The molecule has 2 aromatic carbocycles. The van der Waals surface area contributed by atoms with Gasteiger partial charge in [-0.3, -0.25) is 0 Å². The first-order valence-electron chi connectivity index (χ1n) is 7.29. The summed E-state index contributed by atoms with van der Waals surface area (Å²) in [5, 5.41) is 4.17. The summed E-state index contributed by atoms with van der Waals surface area (Å²) in [6.07, 6.45) is 0. The van der Waals surface area contributed by atoms with Gasteiger partial charge in [-0.1, -0.05) is 36.7 Å². The fourth-order valence-corrected chi connectivity index (χ4v) is 2.84. The van der Waals surface area contributed by atoms with Crippen molar-refractivity contribution in [3.63, 3.8) is 0 Å². The van der Waals surface area contributed by atoms with Gasteiger partial charge in [0.2, 0.25) is 0 Å². The van der Waals surface area contributed by atoms with E-state index in [2.05, 4.69) is 25.2 Å². The van der Waals surface area contributed by atoms with Gasteiger partial charge in [-0.25, -0.2) is 0 Å². The summed E-state index contributed by atoms with van der Waals surface area (Å²) in [4.78, 5) is 0. The summed E-state index contributed by atoms with van der Waals surface area (Å²) < 4.78 is 6.19. The third kappa shape index (κ3) is 3.78. The van der Waals surface area contributed by atoms with E-state index in [1.54, 1.807) is 0 Å². The van der Waals surface area contributed by atoms with Crippen LogP contribution in [0.4, 0.5) is 0 Å². The van der Waals surface area contributed by atoms with Gasteiger partial charge in [0.1, 0.15) is 11.5 Å². The normalized spacial score (nSPS) is 12.2. The number of ether oxygens (including phenoxy) is 1. The second-order valence-corrected chi connectivity index (χ2v) is 5.72. The Kier molecular flexibility index (Phi) is 5.27. The van der Waals surface area contributed by atoms with Crippen LogP contribution in [0.3, 0.4) is 0 Å². The summed E-state index contributed by atoms with van der Waals surface area (Å²) in [5.41, 5.74) is 3.25. The van der Waals surface area contributed by atoms with E-state index in [9.17, 15) is 0 Å². The molecule has 0 amide bonds. The molecule has 112 valence electrons. The van der Waals surface area contributed by atoms with E-state index in [0.717, 1.165) is 39.8 Å². The highest BCUT2D eigenvalue weighted by Crippen LogP contribution is 2.34. The fourth-order valence-electron chi connectivity index (χ4n) is 2.52. The van der Waals surface area contributed by atoms with Crippen LogP contribution in [0.1, 0.15) is 36.6 Å². The van der Waals surface area contributed by atoms with Gasteiger partial charge >= 0.3 is 0 Å². The third-order valence-corrected chi connectivity index (χ3v) is 3.75. The molecule has 0 aliphatic rings. The Bertz CT molecular complexity index is 601. The average Bonchev–Trinajstić information content (AvgIpc) is 2.43. The molecule has 0 heterocycles. The van der Waals surface area contributed by atoms with Gasteiger partial charge in [-0.15, -0.1) is 0 Å². The zero-order valence-corrected chi connectivity index (χ0v) is 13.8. The van der Waals surface area contributed by atoms with Crippen molar-refractivity contribution in [2.75, 3.05) is 6.54 Å². The minimum Gasteiger partial charge on any atom is -0.456 e. The zero-order valence-electron chi connectivity index (χ0n) is 13.0. The van der Waals surface area contributed by atoms with Crippen molar-refractivity contribution in [3.05, 3.63) is 58.1 Å². The van der Waals surface area contributed by atoms with Crippen LogP contribution >= 0.6 is 11.6 Å². The van der Waals surface area contributed by atoms with Crippen LogP contribution in [0.25, 0.3) is 0 Å². The Morgan fingerprint density at radius 2 is 1.76 bits per heavy atom. The van der Waals surface area contributed by atoms with Gasteiger partial charge in [-0.2, -0.15) is 0 Å². The predicted octanol–water partition coefficient (Wildman–Crippen LogP) is 5.42. The second-order valence-electron chi connectivity index (χ2n) is 5.29. The standard InChI is InChI=1S/C18H22ClNO/c1-5-20-14(4)16-8-6-7-9-17(16)21-18-12(2)10-15(19)11-13(18)3/h6-11,14,20H,5H2,1-4H3. The first kappa shape index (κ1) is 15.9. The predicted molar refractivity (Wildman–Crippen MR) is 89.5 cm³/mol. The molecule has 21 heavy (non-hydrogen) atoms. The fraction of sp³-hybridized carbons (Fsp3) is 0.333. The van der Waals surface area contributed by atoms with Crippen LogP contribution in [0, 0.1) is 13.8 Å². The SMILES string of the molecule is CCNC(C)c1ccccc1Oc1c(C)cc(Cl)cc1C. The number of rotatable bonds is 5. The second kappa shape index (κ2) is 6.97. The smallest absolute Gasteiger partial charge is 0.133 e. The van der Waals surface area contributed by atoms with Crippen LogP contribution in [-0.4, -0.2) is 6.54 Å². The number of para-hydroxylation sites is 1. The zero-order chi connectivity index (χ0) is 15.4. The van der Waals surface area contributed by atoms with Gasteiger partial charge in [-0.05, 0) is 56.6 Å². The molecule has 3 heteroatoms. The maximum absolute atomic E-state index is 6.19. The molecule has 0 aliphatic carbocycles. The molecule has 2 rings (SSSR count). The van der Waals surface area contributed by atoms with Gasteiger partial charge in [0.15, 0.2) is 0 Å². The molecule has 0 radical (unpaired) electrons. The molecular formula is C18H22ClNO. The highest BCUT2D eigenvalue weighted by molar-refractivity contribution is 6.30. The minimum atomic E-state index is 0.249. The van der Waals surface area contributed by atoms with Crippen molar-refractivity contribution < 1.29 is 4.74 Å². The number of hydrogen-bond acceptors (Lipinski definition) is 2. The van der Waals surface area contributed by atoms with E-state index < -0.39 is 0 Å². The van der Waals surface area contributed by atoms with Crippen LogP contribution in [0.5, 0.6) is 11.5 Å². The van der Waals surface area contributed by atoms with Gasteiger partial charge in [0.05, 0.1) is 0 Å². The molecule has 1 unspecified atom stereocenters. The number of aryl methyl sites for hydroxylation is 2. The first-order valence-corrected chi connectivity index (χ1v) is 7.67.